The van der Waals surface area contributed by atoms with E-state index in [4.69, 9.17) is 4.42 Å². The molecule has 53 heavy (non-hydrogen) atoms. The lowest BCUT2D eigenvalue weighted by Crippen LogP contribution is -2.29. The number of fused-ring (bicyclic) bond motifs is 2. The summed E-state index contributed by atoms with van der Waals surface area (Å²) in [5, 5.41) is 4.11. The highest BCUT2D eigenvalue weighted by Crippen LogP contribution is 2.43. The van der Waals surface area contributed by atoms with Crippen LogP contribution in [0.25, 0.3) is 39.5 Å². The molecule has 2 N–H and O–H groups in total. The number of aldehydes is 1. The van der Waals surface area contributed by atoms with Gasteiger partial charge in [-0.3, -0.25) is 9.59 Å². The molecule has 1 heterocycles. The maximum atomic E-state index is 13.4. The molecule has 0 radical (unpaired) electrons. The molecule has 0 bridgehead atoms. The van der Waals surface area contributed by atoms with Gasteiger partial charge in [0.1, 0.15) is 40.8 Å². The predicted octanol–water partition coefficient (Wildman–Crippen LogP) is 5.29. The molecular weight excluding hydrogens is 717 g/mol. The van der Waals surface area contributed by atoms with Gasteiger partial charge in [0.15, 0.2) is 0 Å². The highest BCUT2D eigenvalue weighted by Gasteiger charge is 2.25. The lowest BCUT2D eigenvalue weighted by molar-refractivity contribution is -0.116. The summed E-state index contributed by atoms with van der Waals surface area (Å²) in [5.74, 6) is -0.00577. The van der Waals surface area contributed by atoms with E-state index < -0.39 is 35.8 Å². The predicted molar refractivity (Wildman–Crippen MR) is 206 cm³/mol. The van der Waals surface area contributed by atoms with Crippen molar-refractivity contribution in [3.63, 3.8) is 0 Å². The number of anilines is 2. The van der Waals surface area contributed by atoms with Crippen molar-refractivity contribution in [2.75, 3.05) is 42.9 Å². The van der Waals surface area contributed by atoms with E-state index in [1.54, 1.807) is 30.3 Å². The molecule has 0 spiro atoms. The second-order valence-electron chi connectivity index (χ2n) is 12.1. The van der Waals surface area contributed by atoms with Crippen molar-refractivity contribution < 1.29 is 35.4 Å². The quantitative estimate of drug-likeness (QED) is 0.0474. The van der Waals surface area contributed by atoms with Gasteiger partial charge in [-0.2, -0.15) is 0 Å². The van der Waals surface area contributed by atoms with Crippen LogP contribution in [0, 0.1) is 0 Å². The minimum atomic E-state index is -5.21. The number of nitrogens with zero attached hydrogens (tertiary/aromatic N) is 2. The Balaban J connectivity index is 1.53. The number of carbonyl (C=O) groups is 2. The van der Waals surface area contributed by atoms with Crippen LogP contribution in [-0.4, -0.2) is 66.3 Å². The Kier molecular flexibility index (Phi) is 12.3. The van der Waals surface area contributed by atoms with Crippen molar-refractivity contribution in [1.82, 2.24) is 9.30 Å². The van der Waals surface area contributed by atoms with Gasteiger partial charge in [0.05, 0.1) is 15.9 Å². The Bertz CT molecular complexity index is 2430. The molecular formula is C39H42N4O8S2. The summed E-state index contributed by atoms with van der Waals surface area (Å²) in [7, 11) is -9.56. The van der Waals surface area contributed by atoms with Gasteiger partial charge in [-0.15, -0.1) is 0 Å². The van der Waals surface area contributed by atoms with E-state index in [0.717, 1.165) is 48.9 Å². The number of hydrogen-bond acceptors (Lipinski definition) is 9. The lowest BCUT2D eigenvalue weighted by Gasteiger charge is -2.23. The molecule has 5 rings (SSSR count). The van der Waals surface area contributed by atoms with Crippen molar-refractivity contribution in [3.8, 4) is 22.5 Å². The molecule has 3 aromatic carbocycles. The molecule has 2 aliphatic rings. The monoisotopic (exact) mass is 758 g/mol. The first-order valence-corrected chi connectivity index (χ1v) is 20.2. The fourth-order valence-corrected chi connectivity index (χ4v) is 8.09. The number of amides is 1. The van der Waals surface area contributed by atoms with Gasteiger partial charge >= 0.3 is 0 Å². The largest absolute Gasteiger partial charge is 0.744 e. The van der Waals surface area contributed by atoms with Crippen LogP contribution in [0.3, 0.4) is 0 Å². The minimum Gasteiger partial charge on any atom is -0.744 e. The van der Waals surface area contributed by atoms with Crippen LogP contribution in [0.15, 0.2) is 99.1 Å². The van der Waals surface area contributed by atoms with Gasteiger partial charge < -0.3 is 19.2 Å². The van der Waals surface area contributed by atoms with Gasteiger partial charge in [-0.1, -0.05) is 24.3 Å². The first kappa shape index (κ1) is 39.1. The molecule has 0 atom stereocenters. The Morgan fingerprint density at radius 3 is 2.21 bits per heavy atom. The van der Waals surface area contributed by atoms with Gasteiger partial charge in [-0.25, -0.2) is 26.1 Å². The molecule has 278 valence electrons. The summed E-state index contributed by atoms with van der Waals surface area (Å²) in [4.78, 5) is 24.0. The number of rotatable bonds is 15. The summed E-state index contributed by atoms with van der Waals surface area (Å²) in [5.41, 5.74) is 3.58. The normalized spacial score (nSPS) is 12.0. The average molecular weight is 759 g/mol. The molecule has 0 saturated heterocycles. The van der Waals surface area contributed by atoms with E-state index in [9.17, 15) is 31.0 Å². The molecule has 1 aliphatic carbocycles. The first-order chi connectivity index (χ1) is 25.3. The van der Waals surface area contributed by atoms with Crippen molar-refractivity contribution in [2.24, 2.45) is 0 Å². The maximum Gasteiger partial charge on any atom is 0.240 e. The molecule has 0 saturated carbocycles. The number of hydrogen-bond donors (Lipinski definition) is 2. The second kappa shape index (κ2) is 16.7. The van der Waals surface area contributed by atoms with Gasteiger partial charge in [0.25, 0.3) is 0 Å². The van der Waals surface area contributed by atoms with E-state index in [2.05, 4.69) is 19.5 Å². The molecule has 12 nitrogen and oxygen atoms in total. The first-order valence-electron chi connectivity index (χ1n) is 17.3. The number of benzene rings is 4. The fourth-order valence-electron chi connectivity index (χ4n) is 6.25. The zero-order valence-corrected chi connectivity index (χ0v) is 31.6. The minimum absolute atomic E-state index is 0.0305. The van der Waals surface area contributed by atoms with Crippen LogP contribution in [0.5, 0.6) is 0 Å². The van der Waals surface area contributed by atoms with E-state index >= 15 is 0 Å². The van der Waals surface area contributed by atoms with Crippen molar-refractivity contribution in [2.45, 2.75) is 43.9 Å². The van der Waals surface area contributed by atoms with Crippen molar-refractivity contribution in [3.05, 3.63) is 95.9 Å². The Morgan fingerprint density at radius 2 is 1.57 bits per heavy atom. The summed E-state index contributed by atoms with van der Waals surface area (Å²) in [6.07, 6.45) is 3.37. The smallest absolute Gasteiger partial charge is 0.240 e. The number of carbonyl (C=O) groups excluding carboxylic acids is 2. The molecule has 1 amide bonds. The van der Waals surface area contributed by atoms with Crippen LogP contribution in [0.4, 0.5) is 11.4 Å². The molecule has 3 aromatic rings. The van der Waals surface area contributed by atoms with E-state index in [-0.39, 0.29) is 18.5 Å². The van der Waals surface area contributed by atoms with Crippen LogP contribution in [0.1, 0.15) is 39.7 Å². The summed E-state index contributed by atoms with van der Waals surface area (Å²) in [6, 6.07) is 21.3. The third kappa shape index (κ3) is 8.91. The molecule has 0 unspecified atom stereocenters. The molecule has 0 fully saturated rings. The van der Waals surface area contributed by atoms with Crippen molar-refractivity contribution >= 4 is 60.8 Å². The summed E-state index contributed by atoms with van der Waals surface area (Å²) < 4.78 is 76.3. The summed E-state index contributed by atoms with van der Waals surface area (Å²) >= 11 is 0. The van der Waals surface area contributed by atoms with E-state index in [0.29, 0.717) is 39.8 Å². The van der Waals surface area contributed by atoms with Crippen molar-refractivity contribution in [1.29, 1.82) is 0 Å². The van der Waals surface area contributed by atoms with Gasteiger partial charge in [-0.05, 0) is 81.8 Å². The third-order valence-corrected chi connectivity index (χ3v) is 11.3. The number of sulfonamides is 1. The zero-order valence-electron chi connectivity index (χ0n) is 30.0. The van der Waals surface area contributed by atoms with Gasteiger partial charge in [0, 0.05) is 71.6 Å². The fraction of sp³-hybridized carbons (Fsp3) is 0.256. The molecule has 1 aliphatic heterocycles. The average Bonchev–Trinajstić information content (AvgIpc) is 3.13. The summed E-state index contributed by atoms with van der Waals surface area (Å²) in [6.45, 7) is 10.8. The van der Waals surface area contributed by atoms with Crippen LogP contribution < -0.4 is 24.9 Å². The Morgan fingerprint density at radius 1 is 0.868 bits per heavy atom. The lowest BCUT2D eigenvalue weighted by atomic mass is 9.93. The standard InChI is InChI=1S/C39H42N4O8S2/c1-5-42(6-2)29-15-18-32-35(24-29)51-36-25-30(43(7-3)8-4)16-19-33(36)39(32)34-20-17-31(26-37(34)53(48,49)50)52(46,47)40-22-21-38(45)41-28-13-11-27(12-14-28)10-9-23-44/h9-20,23-26,40H,5-8,21-22H2,1-4H3,(H-,41,44,45,48,49,50). The SMILES string of the molecule is CCN(CC)c1ccc2c(-c3ccc(S(=O)(=O)NCCC(=O)Nc4ccc(/C=C/C=O)cc4)cc3S(=O)(=O)[O-])c3ccc(=[N+](CC)CC)cc-3oc2c1. The van der Waals surface area contributed by atoms with Gasteiger partial charge in [0.2, 0.25) is 21.3 Å². The number of nitrogens with one attached hydrogen (secondary N) is 2. The number of allylic oxidation sites excluding steroid dienone is 1. The highest BCUT2D eigenvalue weighted by molar-refractivity contribution is 7.89. The second-order valence-corrected chi connectivity index (χ2v) is 15.2. The van der Waals surface area contributed by atoms with E-state index in [1.807, 2.05) is 64.1 Å². The Labute approximate surface area is 309 Å². The molecule has 14 heteroatoms. The Hall–Kier alpha value is -5.15. The van der Waals surface area contributed by atoms with Crippen LogP contribution in [0.2, 0.25) is 0 Å². The zero-order chi connectivity index (χ0) is 38.3. The highest BCUT2D eigenvalue weighted by atomic mass is 32.2. The van der Waals surface area contributed by atoms with Crippen LogP contribution in [-0.2, 0) is 29.7 Å². The molecule has 0 aromatic heterocycles. The maximum absolute atomic E-state index is 13.4. The van der Waals surface area contributed by atoms with Crippen LogP contribution >= 0.6 is 0 Å². The van der Waals surface area contributed by atoms with E-state index in [1.165, 1.54) is 18.2 Å². The third-order valence-electron chi connectivity index (χ3n) is 8.95. The topological polar surface area (TPSA) is 169 Å².